The van der Waals surface area contributed by atoms with Gasteiger partial charge in [-0.1, -0.05) is 28.1 Å². The van der Waals surface area contributed by atoms with Crippen molar-refractivity contribution in [3.63, 3.8) is 0 Å². The summed E-state index contributed by atoms with van der Waals surface area (Å²) in [6.45, 7) is 7.02. The molecule has 0 aliphatic rings. The zero-order valence-corrected chi connectivity index (χ0v) is 13.2. The molecule has 1 atom stereocenters. The van der Waals surface area contributed by atoms with Gasteiger partial charge in [0.25, 0.3) is 0 Å². The van der Waals surface area contributed by atoms with Crippen LogP contribution in [0.15, 0.2) is 28.7 Å². The number of hydrogen-bond acceptors (Lipinski definition) is 2. The van der Waals surface area contributed by atoms with Gasteiger partial charge < -0.3 is 5.73 Å². The van der Waals surface area contributed by atoms with E-state index in [4.69, 9.17) is 5.73 Å². The Balaban J connectivity index is 2.23. The van der Waals surface area contributed by atoms with Crippen molar-refractivity contribution in [2.45, 2.75) is 39.8 Å². The third kappa shape index (κ3) is 3.45. The normalized spacial score (nSPS) is 12.7. The van der Waals surface area contributed by atoms with E-state index in [1.165, 1.54) is 16.8 Å². The fourth-order valence-corrected chi connectivity index (χ4v) is 2.53. The first-order valence-electron chi connectivity index (χ1n) is 6.50. The van der Waals surface area contributed by atoms with E-state index >= 15 is 0 Å². The summed E-state index contributed by atoms with van der Waals surface area (Å²) >= 11 is 3.45. The Morgan fingerprint density at radius 1 is 1.26 bits per heavy atom. The third-order valence-electron chi connectivity index (χ3n) is 3.30. The number of hydrogen-bond donors (Lipinski definition) is 1. The summed E-state index contributed by atoms with van der Waals surface area (Å²) < 4.78 is 3.17. The van der Waals surface area contributed by atoms with Crippen molar-refractivity contribution in [3.05, 3.63) is 51.3 Å². The Bertz CT molecular complexity index is 556. The molecule has 0 radical (unpaired) electrons. The maximum Gasteiger partial charge on any atom is 0.0662 e. The van der Waals surface area contributed by atoms with Crippen LogP contribution in [0.2, 0.25) is 0 Å². The van der Waals surface area contributed by atoms with Crippen LogP contribution in [0.25, 0.3) is 0 Å². The number of nitrogens with two attached hydrogens (primary N) is 1. The lowest BCUT2D eigenvalue weighted by atomic mass is 10.1. The molecule has 0 saturated carbocycles. The van der Waals surface area contributed by atoms with Crippen LogP contribution in [0.5, 0.6) is 0 Å². The smallest absolute Gasteiger partial charge is 0.0662 e. The Labute approximate surface area is 122 Å². The molecule has 102 valence electrons. The molecule has 0 aliphatic carbocycles. The number of halogens is 1. The molecule has 0 fully saturated rings. The first kappa shape index (κ1) is 14.3. The van der Waals surface area contributed by atoms with Crippen molar-refractivity contribution in [1.82, 2.24) is 9.78 Å². The van der Waals surface area contributed by atoms with E-state index in [1.807, 2.05) is 6.92 Å². The van der Waals surface area contributed by atoms with Gasteiger partial charge in [0.1, 0.15) is 0 Å². The summed E-state index contributed by atoms with van der Waals surface area (Å²) in [5, 5.41) is 4.63. The van der Waals surface area contributed by atoms with Crippen LogP contribution in [-0.4, -0.2) is 15.8 Å². The van der Waals surface area contributed by atoms with E-state index in [9.17, 15) is 0 Å². The monoisotopic (exact) mass is 321 g/mol. The standard InChI is InChI=1S/C15H20BrN3/c1-10(17)8-15-11(2)18-19(12(15)3)9-13-4-6-14(16)7-5-13/h4-7,10H,8-9,17H2,1-3H3. The number of rotatable bonds is 4. The Kier molecular flexibility index (Phi) is 4.42. The van der Waals surface area contributed by atoms with Crippen LogP contribution in [0.4, 0.5) is 0 Å². The molecule has 19 heavy (non-hydrogen) atoms. The average Bonchev–Trinajstić information content (AvgIpc) is 2.60. The molecule has 0 amide bonds. The van der Waals surface area contributed by atoms with E-state index in [-0.39, 0.29) is 6.04 Å². The van der Waals surface area contributed by atoms with Crippen LogP contribution < -0.4 is 5.73 Å². The summed E-state index contributed by atoms with van der Waals surface area (Å²) in [4.78, 5) is 0. The zero-order chi connectivity index (χ0) is 14.0. The average molecular weight is 322 g/mol. The molecule has 0 spiro atoms. The zero-order valence-electron chi connectivity index (χ0n) is 11.7. The Morgan fingerprint density at radius 3 is 2.47 bits per heavy atom. The lowest BCUT2D eigenvalue weighted by Gasteiger charge is -2.07. The summed E-state index contributed by atoms with van der Waals surface area (Å²) in [5.41, 5.74) is 10.7. The number of aryl methyl sites for hydroxylation is 1. The first-order chi connectivity index (χ1) is 8.97. The maximum absolute atomic E-state index is 5.90. The molecule has 1 heterocycles. The molecule has 2 rings (SSSR count). The van der Waals surface area contributed by atoms with Crippen molar-refractivity contribution in [3.8, 4) is 0 Å². The molecule has 0 saturated heterocycles. The minimum Gasteiger partial charge on any atom is -0.328 e. The van der Waals surface area contributed by atoms with Gasteiger partial charge in [0.2, 0.25) is 0 Å². The van der Waals surface area contributed by atoms with Gasteiger partial charge in [-0.15, -0.1) is 0 Å². The molecule has 4 heteroatoms. The van der Waals surface area contributed by atoms with E-state index in [1.54, 1.807) is 0 Å². The highest BCUT2D eigenvalue weighted by Crippen LogP contribution is 2.17. The first-order valence-corrected chi connectivity index (χ1v) is 7.29. The predicted octanol–water partition coefficient (Wildman–Crippen LogP) is 3.20. The maximum atomic E-state index is 5.90. The van der Waals surface area contributed by atoms with Gasteiger partial charge in [0.05, 0.1) is 12.2 Å². The van der Waals surface area contributed by atoms with Gasteiger partial charge in [-0.05, 0) is 50.5 Å². The second-order valence-electron chi connectivity index (χ2n) is 5.11. The molecule has 3 nitrogen and oxygen atoms in total. The second-order valence-corrected chi connectivity index (χ2v) is 6.03. The fourth-order valence-electron chi connectivity index (χ4n) is 2.27. The van der Waals surface area contributed by atoms with E-state index in [0.29, 0.717) is 0 Å². The highest BCUT2D eigenvalue weighted by Gasteiger charge is 2.12. The SMILES string of the molecule is Cc1nn(Cc2ccc(Br)cc2)c(C)c1CC(C)N. The van der Waals surface area contributed by atoms with Crippen molar-refractivity contribution >= 4 is 15.9 Å². The summed E-state index contributed by atoms with van der Waals surface area (Å²) in [6.07, 6.45) is 0.887. The highest BCUT2D eigenvalue weighted by atomic mass is 79.9. The van der Waals surface area contributed by atoms with Crippen molar-refractivity contribution in [2.24, 2.45) is 5.73 Å². The van der Waals surface area contributed by atoms with E-state index < -0.39 is 0 Å². The molecular weight excluding hydrogens is 302 g/mol. The number of benzene rings is 1. The molecule has 1 aromatic carbocycles. The topological polar surface area (TPSA) is 43.8 Å². The summed E-state index contributed by atoms with van der Waals surface area (Å²) in [6, 6.07) is 8.52. The van der Waals surface area contributed by atoms with Gasteiger partial charge in [0, 0.05) is 16.2 Å². The molecule has 0 aliphatic heterocycles. The molecule has 2 N–H and O–H groups in total. The van der Waals surface area contributed by atoms with Crippen LogP contribution in [0.1, 0.15) is 29.4 Å². The molecule has 1 aromatic heterocycles. The summed E-state index contributed by atoms with van der Waals surface area (Å²) in [7, 11) is 0. The van der Waals surface area contributed by atoms with Crippen molar-refractivity contribution < 1.29 is 0 Å². The quantitative estimate of drug-likeness (QED) is 0.939. The molecule has 2 aromatic rings. The van der Waals surface area contributed by atoms with Crippen molar-refractivity contribution in [2.75, 3.05) is 0 Å². The minimum atomic E-state index is 0.169. The third-order valence-corrected chi connectivity index (χ3v) is 3.83. The number of nitrogens with zero attached hydrogens (tertiary/aromatic N) is 2. The lowest BCUT2D eigenvalue weighted by Crippen LogP contribution is -2.18. The van der Waals surface area contributed by atoms with Crippen LogP contribution >= 0.6 is 15.9 Å². The second kappa shape index (κ2) is 5.88. The van der Waals surface area contributed by atoms with E-state index in [2.05, 4.69) is 63.8 Å². The van der Waals surface area contributed by atoms with Gasteiger partial charge in [-0.2, -0.15) is 5.10 Å². The Morgan fingerprint density at radius 2 is 1.89 bits per heavy atom. The molecular formula is C15H20BrN3. The Hall–Kier alpha value is -1.13. The molecule has 1 unspecified atom stereocenters. The summed E-state index contributed by atoms with van der Waals surface area (Å²) in [5.74, 6) is 0. The molecule has 0 bridgehead atoms. The number of aromatic nitrogens is 2. The largest absolute Gasteiger partial charge is 0.328 e. The van der Waals surface area contributed by atoms with E-state index in [0.717, 1.165) is 23.1 Å². The lowest BCUT2D eigenvalue weighted by molar-refractivity contribution is 0.656. The van der Waals surface area contributed by atoms with Gasteiger partial charge in [0.15, 0.2) is 0 Å². The van der Waals surface area contributed by atoms with Gasteiger partial charge in [-0.25, -0.2) is 0 Å². The van der Waals surface area contributed by atoms with Crippen LogP contribution in [0, 0.1) is 13.8 Å². The van der Waals surface area contributed by atoms with Gasteiger partial charge >= 0.3 is 0 Å². The predicted molar refractivity (Wildman–Crippen MR) is 82.3 cm³/mol. The highest BCUT2D eigenvalue weighted by molar-refractivity contribution is 9.10. The van der Waals surface area contributed by atoms with Gasteiger partial charge in [-0.3, -0.25) is 4.68 Å². The van der Waals surface area contributed by atoms with Crippen LogP contribution in [0.3, 0.4) is 0 Å². The minimum absolute atomic E-state index is 0.169. The van der Waals surface area contributed by atoms with Crippen LogP contribution in [-0.2, 0) is 13.0 Å². The van der Waals surface area contributed by atoms with Crippen molar-refractivity contribution in [1.29, 1.82) is 0 Å². The fraction of sp³-hybridized carbons (Fsp3) is 0.400.